The van der Waals surface area contributed by atoms with Crippen molar-refractivity contribution in [3.05, 3.63) is 40.6 Å². The lowest BCUT2D eigenvalue weighted by atomic mass is 10.1. The average molecular weight is 258 g/mol. The molecule has 0 bridgehead atoms. The first-order chi connectivity index (χ1) is 8.04. The molecule has 88 valence electrons. The molecule has 1 aromatic carbocycles. The Hall–Kier alpha value is -1.75. The van der Waals surface area contributed by atoms with E-state index in [2.05, 4.69) is 9.72 Å². The Morgan fingerprint density at radius 3 is 2.65 bits per heavy atom. The maximum atomic E-state index is 13.4. The molecule has 0 aliphatic carbocycles. The molecule has 2 rings (SSSR count). The molecule has 0 aliphatic rings. The fraction of sp³-hybridized carbons (Fsp3) is 0.0909. The van der Waals surface area contributed by atoms with Crippen LogP contribution in [0.5, 0.6) is 0 Å². The Morgan fingerprint density at radius 2 is 2.00 bits per heavy atom. The number of benzene rings is 1. The lowest BCUT2D eigenvalue weighted by Gasteiger charge is -2.05. The van der Waals surface area contributed by atoms with E-state index in [1.807, 2.05) is 0 Å². The third-order valence-corrected chi connectivity index (χ3v) is 2.53. The summed E-state index contributed by atoms with van der Waals surface area (Å²) < 4.78 is 31.3. The number of aromatic nitrogens is 1. The summed E-state index contributed by atoms with van der Waals surface area (Å²) in [5.74, 6) is -2.15. The minimum Gasteiger partial charge on any atom is -0.465 e. The molecule has 0 spiro atoms. The van der Waals surface area contributed by atoms with Gasteiger partial charge in [0.2, 0.25) is 0 Å². The van der Waals surface area contributed by atoms with E-state index in [0.717, 1.165) is 25.3 Å². The average Bonchev–Trinajstić information content (AvgIpc) is 2.32. The molecule has 0 unspecified atom stereocenters. The summed E-state index contributed by atoms with van der Waals surface area (Å²) in [6, 6.07) is 3.02. The first kappa shape index (κ1) is 11.7. The zero-order valence-corrected chi connectivity index (χ0v) is 9.39. The van der Waals surface area contributed by atoms with Crippen LogP contribution in [0.4, 0.5) is 8.78 Å². The molecule has 6 heteroatoms. The number of fused-ring (bicyclic) bond motifs is 1. The molecule has 0 amide bonds. The highest BCUT2D eigenvalue weighted by molar-refractivity contribution is 6.33. The van der Waals surface area contributed by atoms with Crippen molar-refractivity contribution in [3.8, 4) is 0 Å². The number of methoxy groups -OCH3 is 1. The van der Waals surface area contributed by atoms with E-state index < -0.39 is 17.6 Å². The van der Waals surface area contributed by atoms with E-state index in [9.17, 15) is 13.6 Å². The highest BCUT2D eigenvalue weighted by Crippen LogP contribution is 2.25. The summed E-state index contributed by atoms with van der Waals surface area (Å²) in [7, 11) is 1.16. The van der Waals surface area contributed by atoms with Gasteiger partial charge in [0.05, 0.1) is 12.7 Å². The lowest BCUT2D eigenvalue weighted by Crippen LogP contribution is -2.04. The van der Waals surface area contributed by atoms with Gasteiger partial charge in [0.1, 0.15) is 22.3 Å². The van der Waals surface area contributed by atoms with Gasteiger partial charge < -0.3 is 4.74 Å². The summed E-state index contributed by atoms with van der Waals surface area (Å²) >= 11 is 5.70. The fourth-order valence-corrected chi connectivity index (χ4v) is 1.64. The molecule has 1 heterocycles. The van der Waals surface area contributed by atoms with Crippen LogP contribution in [-0.4, -0.2) is 18.1 Å². The van der Waals surface area contributed by atoms with Crippen molar-refractivity contribution < 1.29 is 18.3 Å². The Kier molecular flexibility index (Phi) is 2.93. The quantitative estimate of drug-likeness (QED) is 0.582. The van der Waals surface area contributed by atoms with Gasteiger partial charge in [0, 0.05) is 5.39 Å². The molecule has 1 aromatic heterocycles. The SMILES string of the molecule is COC(=O)c1cc2c(F)ccc(F)c2nc1Cl. The molecule has 0 fully saturated rings. The summed E-state index contributed by atoms with van der Waals surface area (Å²) in [5.41, 5.74) is -0.325. The van der Waals surface area contributed by atoms with E-state index in [-0.39, 0.29) is 21.6 Å². The smallest absolute Gasteiger partial charge is 0.341 e. The van der Waals surface area contributed by atoms with Gasteiger partial charge in [-0.25, -0.2) is 18.6 Å². The normalized spacial score (nSPS) is 10.6. The van der Waals surface area contributed by atoms with E-state index in [4.69, 9.17) is 11.6 Å². The largest absolute Gasteiger partial charge is 0.465 e. The number of hydrogen-bond donors (Lipinski definition) is 0. The van der Waals surface area contributed by atoms with Crippen molar-refractivity contribution >= 4 is 28.5 Å². The number of ether oxygens (including phenoxy) is 1. The molecule has 0 N–H and O–H groups in total. The maximum absolute atomic E-state index is 13.4. The van der Waals surface area contributed by atoms with Gasteiger partial charge in [-0.05, 0) is 18.2 Å². The van der Waals surface area contributed by atoms with Crippen LogP contribution in [0, 0.1) is 11.6 Å². The molecular weight excluding hydrogens is 252 g/mol. The molecule has 0 radical (unpaired) electrons. The number of esters is 1. The van der Waals surface area contributed by atoms with Crippen LogP contribution in [0.2, 0.25) is 5.15 Å². The van der Waals surface area contributed by atoms with Crippen LogP contribution in [0.15, 0.2) is 18.2 Å². The second-order valence-corrected chi connectivity index (χ2v) is 3.60. The van der Waals surface area contributed by atoms with Gasteiger partial charge in [-0.15, -0.1) is 0 Å². The molecule has 0 atom stereocenters. The number of carbonyl (C=O) groups is 1. The van der Waals surface area contributed by atoms with E-state index in [1.165, 1.54) is 0 Å². The summed E-state index contributed by atoms with van der Waals surface area (Å²) in [5, 5.41) is -0.344. The Labute approximate surface area is 100.0 Å². The van der Waals surface area contributed by atoms with Crippen LogP contribution in [0.3, 0.4) is 0 Å². The van der Waals surface area contributed by atoms with E-state index in [0.29, 0.717) is 0 Å². The van der Waals surface area contributed by atoms with Crippen LogP contribution >= 0.6 is 11.6 Å². The minimum absolute atomic E-state index is 0.105. The molecule has 0 aliphatic heterocycles. The third kappa shape index (κ3) is 1.93. The topological polar surface area (TPSA) is 39.2 Å². The van der Waals surface area contributed by atoms with Crippen molar-refractivity contribution in [1.82, 2.24) is 4.98 Å². The predicted molar refractivity (Wildman–Crippen MR) is 58.0 cm³/mol. The molecule has 3 nitrogen and oxygen atoms in total. The highest BCUT2D eigenvalue weighted by Gasteiger charge is 2.16. The van der Waals surface area contributed by atoms with Gasteiger partial charge in [0.15, 0.2) is 0 Å². The first-order valence-electron chi connectivity index (χ1n) is 4.57. The molecule has 2 aromatic rings. The number of halogens is 3. The Morgan fingerprint density at radius 1 is 1.35 bits per heavy atom. The number of nitrogens with zero attached hydrogens (tertiary/aromatic N) is 1. The monoisotopic (exact) mass is 257 g/mol. The van der Waals surface area contributed by atoms with Crippen LogP contribution < -0.4 is 0 Å². The number of carbonyl (C=O) groups excluding carboxylic acids is 1. The number of pyridine rings is 1. The summed E-state index contributed by atoms with van der Waals surface area (Å²) in [6.07, 6.45) is 0. The second kappa shape index (κ2) is 4.25. The minimum atomic E-state index is -0.756. The molecular formula is C11H6ClF2NO2. The number of hydrogen-bond acceptors (Lipinski definition) is 3. The van der Waals surface area contributed by atoms with Crippen molar-refractivity contribution in [3.63, 3.8) is 0 Å². The fourth-order valence-electron chi connectivity index (χ4n) is 1.42. The predicted octanol–water partition coefficient (Wildman–Crippen LogP) is 2.95. The third-order valence-electron chi connectivity index (χ3n) is 2.24. The Bertz CT molecular complexity index is 616. The standard InChI is InChI=1S/C11H6ClF2NO2/c1-17-11(16)6-4-5-7(13)2-3-8(14)9(5)15-10(6)12/h2-4H,1H3. The maximum Gasteiger partial charge on any atom is 0.341 e. The lowest BCUT2D eigenvalue weighted by molar-refractivity contribution is 0.0600. The molecule has 17 heavy (non-hydrogen) atoms. The zero-order chi connectivity index (χ0) is 12.6. The Balaban J connectivity index is 2.80. The molecule has 0 saturated carbocycles. The van der Waals surface area contributed by atoms with Gasteiger partial charge in [0.25, 0.3) is 0 Å². The van der Waals surface area contributed by atoms with Crippen molar-refractivity contribution in [2.24, 2.45) is 0 Å². The first-order valence-corrected chi connectivity index (χ1v) is 4.95. The van der Waals surface area contributed by atoms with Crippen molar-refractivity contribution in [1.29, 1.82) is 0 Å². The second-order valence-electron chi connectivity index (χ2n) is 3.24. The molecule has 0 saturated heterocycles. The van der Waals surface area contributed by atoms with Crippen molar-refractivity contribution in [2.45, 2.75) is 0 Å². The summed E-state index contributed by atoms with van der Waals surface area (Å²) in [4.78, 5) is 15.0. The van der Waals surface area contributed by atoms with Crippen LogP contribution in [0.25, 0.3) is 10.9 Å². The van der Waals surface area contributed by atoms with Gasteiger partial charge >= 0.3 is 5.97 Å². The number of rotatable bonds is 1. The van der Waals surface area contributed by atoms with Crippen molar-refractivity contribution in [2.75, 3.05) is 7.11 Å². The zero-order valence-electron chi connectivity index (χ0n) is 8.63. The van der Waals surface area contributed by atoms with Crippen LogP contribution in [-0.2, 0) is 4.74 Å². The highest BCUT2D eigenvalue weighted by atomic mass is 35.5. The van der Waals surface area contributed by atoms with E-state index in [1.54, 1.807) is 0 Å². The van der Waals surface area contributed by atoms with E-state index >= 15 is 0 Å². The van der Waals surface area contributed by atoms with Gasteiger partial charge in [-0.2, -0.15) is 0 Å². The van der Waals surface area contributed by atoms with Gasteiger partial charge in [-0.1, -0.05) is 11.6 Å². The van der Waals surface area contributed by atoms with Crippen LogP contribution in [0.1, 0.15) is 10.4 Å². The summed E-state index contributed by atoms with van der Waals surface area (Å²) in [6.45, 7) is 0. The van der Waals surface area contributed by atoms with Gasteiger partial charge in [-0.3, -0.25) is 0 Å².